The Morgan fingerprint density at radius 3 is 2.94 bits per heavy atom. The second-order valence-corrected chi connectivity index (χ2v) is 4.82. The molecule has 1 amide bonds. The summed E-state index contributed by atoms with van der Waals surface area (Å²) in [6.07, 6.45) is 1.01. The number of nitrogen functional groups attached to an aromatic ring is 1. The number of nitrogens with zero attached hydrogens (tertiary/aromatic N) is 1. The maximum absolute atomic E-state index is 11.0. The number of carbonyl (C=O) groups is 1. The predicted molar refractivity (Wildman–Crippen MR) is 68.2 cm³/mol. The summed E-state index contributed by atoms with van der Waals surface area (Å²) in [7, 11) is 0. The number of primary amides is 1. The lowest BCUT2D eigenvalue weighted by Gasteiger charge is -2.30. The number of benzene rings is 1. The van der Waals surface area contributed by atoms with Crippen LogP contribution in [-0.4, -0.2) is 23.9 Å². The fourth-order valence-electron chi connectivity index (χ4n) is 2.27. The number of amides is 1. The molecular weight excluding hydrogens is 214 g/mol. The zero-order valence-electron chi connectivity index (χ0n) is 10.1. The molecule has 4 N–H and O–H groups in total. The van der Waals surface area contributed by atoms with Gasteiger partial charge in [0.25, 0.3) is 0 Å². The Morgan fingerprint density at radius 1 is 1.47 bits per heavy atom. The third kappa shape index (κ3) is 2.77. The van der Waals surface area contributed by atoms with E-state index in [4.69, 9.17) is 11.5 Å². The highest BCUT2D eigenvalue weighted by Gasteiger charge is 2.19. The quantitative estimate of drug-likeness (QED) is 0.757. The van der Waals surface area contributed by atoms with E-state index in [9.17, 15) is 4.79 Å². The van der Waals surface area contributed by atoms with Crippen LogP contribution in [0.3, 0.4) is 0 Å². The number of hydrogen-bond acceptors (Lipinski definition) is 3. The molecule has 0 aliphatic carbocycles. The molecule has 2 rings (SSSR count). The Morgan fingerprint density at radius 2 is 2.24 bits per heavy atom. The van der Waals surface area contributed by atoms with Gasteiger partial charge >= 0.3 is 0 Å². The third-order valence-corrected chi connectivity index (χ3v) is 3.34. The molecule has 1 aromatic carbocycles. The molecule has 0 saturated carbocycles. The first-order valence-corrected chi connectivity index (χ1v) is 5.95. The summed E-state index contributed by atoms with van der Waals surface area (Å²) in [4.78, 5) is 13.3. The van der Waals surface area contributed by atoms with Crippen molar-refractivity contribution in [1.29, 1.82) is 0 Å². The van der Waals surface area contributed by atoms with Crippen molar-refractivity contribution >= 4 is 11.6 Å². The van der Waals surface area contributed by atoms with E-state index in [0.717, 1.165) is 31.7 Å². The summed E-state index contributed by atoms with van der Waals surface area (Å²) in [5.41, 5.74) is 14.5. The molecular formula is C13H19N3O. The molecule has 1 aliphatic heterocycles. The summed E-state index contributed by atoms with van der Waals surface area (Å²) in [5.74, 6) is -0.332. The van der Waals surface area contributed by atoms with Crippen molar-refractivity contribution in [3.8, 4) is 0 Å². The average Bonchev–Trinajstić information content (AvgIpc) is 2.28. The molecule has 4 heteroatoms. The van der Waals surface area contributed by atoms with Crippen molar-refractivity contribution in [1.82, 2.24) is 4.90 Å². The van der Waals surface area contributed by atoms with E-state index in [2.05, 4.69) is 11.0 Å². The highest BCUT2D eigenvalue weighted by Crippen LogP contribution is 2.21. The average molecular weight is 233 g/mol. The van der Waals surface area contributed by atoms with Gasteiger partial charge in [-0.05, 0) is 29.7 Å². The molecule has 17 heavy (non-hydrogen) atoms. The van der Waals surface area contributed by atoms with Gasteiger partial charge in [0.15, 0.2) is 0 Å². The number of carbonyl (C=O) groups excluding carboxylic acids is 1. The van der Waals surface area contributed by atoms with Crippen molar-refractivity contribution in [3.05, 3.63) is 29.3 Å². The van der Waals surface area contributed by atoms with Crippen LogP contribution in [0.25, 0.3) is 0 Å². The Balaban J connectivity index is 2.05. The molecule has 0 spiro atoms. The van der Waals surface area contributed by atoms with Gasteiger partial charge in [0.1, 0.15) is 0 Å². The van der Waals surface area contributed by atoms with Crippen LogP contribution in [0.1, 0.15) is 18.1 Å². The standard InChI is InChI=1S/C13H19N3O/c1-9(13(15)17)7-16-5-4-10-2-3-12(14)6-11(10)8-16/h2-3,6,9H,4-5,7-8,14H2,1H3,(H2,15,17). The molecule has 1 unspecified atom stereocenters. The van der Waals surface area contributed by atoms with Crippen LogP contribution in [0.5, 0.6) is 0 Å². The first-order valence-electron chi connectivity index (χ1n) is 5.95. The molecule has 0 fully saturated rings. The first-order chi connectivity index (χ1) is 8.06. The Kier molecular flexibility index (Phi) is 3.33. The van der Waals surface area contributed by atoms with Crippen LogP contribution < -0.4 is 11.5 Å². The second kappa shape index (κ2) is 4.75. The molecule has 0 radical (unpaired) electrons. The maximum atomic E-state index is 11.0. The van der Waals surface area contributed by atoms with Crippen molar-refractivity contribution in [2.24, 2.45) is 11.7 Å². The van der Waals surface area contributed by atoms with Gasteiger partial charge in [-0.2, -0.15) is 0 Å². The fourth-order valence-corrected chi connectivity index (χ4v) is 2.27. The van der Waals surface area contributed by atoms with Crippen LogP contribution in [-0.2, 0) is 17.8 Å². The van der Waals surface area contributed by atoms with Crippen LogP contribution in [0.4, 0.5) is 5.69 Å². The monoisotopic (exact) mass is 233 g/mol. The van der Waals surface area contributed by atoms with Gasteiger partial charge in [0, 0.05) is 31.2 Å². The van der Waals surface area contributed by atoms with Crippen molar-refractivity contribution in [3.63, 3.8) is 0 Å². The van der Waals surface area contributed by atoms with Gasteiger partial charge in [-0.25, -0.2) is 0 Å². The third-order valence-electron chi connectivity index (χ3n) is 3.34. The Labute approximate surface area is 102 Å². The topological polar surface area (TPSA) is 72.3 Å². The Hall–Kier alpha value is -1.55. The highest BCUT2D eigenvalue weighted by atomic mass is 16.1. The van der Waals surface area contributed by atoms with E-state index in [0.29, 0.717) is 0 Å². The minimum atomic E-state index is -0.233. The van der Waals surface area contributed by atoms with Crippen LogP contribution >= 0.6 is 0 Å². The smallest absolute Gasteiger partial charge is 0.221 e. The highest BCUT2D eigenvalue weighted by molar-refractivity contribution is 5.76. The molecule has 0 saturated heterocycles. The van der Waals surface area contributed by atoms with E-state index < -0.39 is 0 Å². The minimum absolute atomic E-state index is 0.0994. The van der Waals surface area contributed by atoms with Gasteiger partial charge in [-0.3, -0.25) is 9.69 Å². The Bertz CT molecular complexity index is 431. The summed E-state index contributed by atoms with van der Waals surface area (Å²) >= 11 is 0. The molecule has 1 heterocycles. The minimum Gasteiger partial charge on any atom is -0.399 e. The van der Waals surface area contributed by atoms with Crippen molar-refractivity contribution in [2.45, 2.75) is 19.9 Å². The summed E-state index contributed by atoms with van der Waals surface area (Å²) < 4.78 is 0. The zero-order chi connectivity index (χ0) is 12.4. The lowest BCUT2D eigenvalue weighted by Crippen LogP contribution is -2.37. The molecule has 1 aliphatic rings. The lowest BCUT2D eigenvalue weighted by atomic mass is 9.98. The SMILES string of the molecule is CC(CN1CCc2ccc(N)cc2C1)C(N)=O. The number of fused-ring (bicyclic) bond motifs is 1. The fraction of sp³-hybridized carbons (Fsp3) is 0.462. The van der Waals surface area contributed by atoms with E-state index >= 15 is 0 Å². The number of rotatable bonds is 3. The maximum Gasteiger partial charge on any atom is 0.221 e. The molecule has 0 aromatic heterocycles. The van der Waals surface area contributed by atoms with Gasteiger partial charge in [0.2, 0.25) is 5.91 Å². The number of anilines is 1. The van der Waals surface area contributed by atoms with E-state index in [1.54, 1.807) is 0 Å². The molecule has 1 aromatic rings. The largest absolute Gasteiger partial charge is 0.399 e. The molecule has 1 atom stereocenters. The summed E-state index contributed by atoms with van der Waals surface area (Å²) in [6.45, 7) is 4.44. The lowest BCUT2D eigenvalue weighted by molar-refractivity contribution is -0.121. The van der Waals surface area contributed by atoms with Gasteiger partial charge in [-0.15, -0.1) is 0 Å². The number of hydrogen-bond donors (Lipinski definition) is 2. The van der Waals surface area contributed by atoms with Crippen molar-refractivity contribution < 1.29 is 4.79 Å². The zero-order valence-corrected chi connectivity index (χ0v) is 10.1. The van der Waals surface area contributed by atoms with E-state index in [1.807, 2.05) is 19.1 Å². The normalized spacial score (nSPS) is 17.5. The molecule has 4 nitrogen and oxygen atoms in total. The van der Waals surface area contributed by atoms with Gasteiger partial charge < -0.3 is 11.5 Å². The van der Waals surface area contributed by atoms with Gasteiger partial charge in [0.05, 0.1) is 0 Å². The number of nitrogens with two attached hydrogens (primary N) is 2. The second-order valence-electron chi connectivity index (χ2n) is 4.82. The van der Waals surface area contributed by atoms with Gasteiger partial charge in [-0.1, -0.05) is 13.0 Å². The van der Waals surface area contributed by atoms with Crippen molar-refractivity contribution in [2.75, 3.05) is 18.8 Å². The summed E-state index contributed by atoms with van der Waals surface area (Å²) in [5, 5.41) is 0. The summed E-state index contributed by atoms with van der Waals surface area (Å²) in [6, 6.07) is 6.07. The van der Waals surface area contributed by atoms with E-state index in [-0.39, 0.29) is 11.8 Å². The molecule has 92 valence electrons. The predicted octanol–water partition coefficient (Wildman–Crippen LogP) is 0.748. The van der Waals surface area contributed by atoms with Crippen LogP contribution in [0.15, 0.2) is 18.2 Å². The van der Waals surface area contributed by atoms with E-state index in [1.165, 1.54) is 11.1 Å². The van der Waals surface area contributed by atoms with Crippen LogP contribution in [0, 0.1) is 5.92 Å². The molecule has 0 bridgehead atoms. The van der Waals surface area contributed by atoms with Crippen LogP contribution in [0.2, 0.25) is 0 Å². The first kappa shape index (κ1) is 11.9.